The summed E-state index contributed by atoms with van der Waals surface area (Å²) in [7, 11) is -9.89. The maximum atomic E-state index is 13.9. The minimum atomic E-state index is -5.09. The van der Waals surface area contributed by atoms with Crippen molar-refractivity contribution in [3.8, 4) is 0 Å². The Balaban J connectivity index is 2.37. The first kappa shape index (κ1) is 25.7. The summed E-state index contributed by atoms with van der Waals surface area (Å²) < 4.78 is 55.3. The third-order valence-electron chi connectivity index (χ3n) is 5.23. The molecule has 0 aliphatic heterocycles. The summed E-state index contributed by atoms with van der Waals surface area (Å²) in [5, 5.41) is 17.7. The van der Waals surface area contributed by atoms with Gasteiger partial charge in [-0.15, -0.1) is 0 Å². The normalized spacial score (nSPS) is 14.4. The van der Waals surface area contributed by atoms with Crippen molar-refractivity contribution in [1.29, 1.82) is 5.41 Å². The number of aliphatic carboxylic acids is 1. The molecule has 13 heteroatoms. The quantitative estimate of drug-likeness (QED) is 0.143. The van der Waals surface area contributed by atoms with Gasteiger partial charge in [0.2, 0.25) is 14.7 Å². The van der Waals surface area contributed by atoms with Crippen molar-refractivity contribution in [1.82, 2.24) is 0 Å². The summed E-state index contributed by atoms with van der Waals surface area (Å²) in [5.74, 6) is -2.56. The molecular weight excluding hydrogens is 494 g/mol. The van der Waals surface area contributed by atoms with E-state index in [1.165, 1.54) is 54.6 Å². The van der Waals surface area contributed by atoms with Gasteiger partial charge in [-0.3, -0.25) is 5.41 Å². The van der Waals surface area contributed by atoms with E-state index in [1.807, 2.05) is 0 Å². The first-order valence-corrected chi connectivity index (χ1v) is 13.0. The largest absolute Gasteiger partial charge is 0.479 e. The van der Waals surface area contributed by atoms with Crippen LogP contribution in [-0.4, -0.2) is 38.7 Å². The molecule has 0 aromatic heterocycles. The molecule has 0 aliphatic rings. The minimum Gasteiger partial charge on any atom is -0.479 e. The van der Waals surface area contributed by atoms with Crippen molar-refractivity contribution < 1.29 is 26.7 Å². The number of hydrogen-bond acceptors (Lipinski definition) is 8. The number of nitrogens with one attached hydrogen (secondary N) is 2. The molecule has 3 aromatic rings. The molecule has 0 radical (unpaired) electrons. The first-order valence-electron chi connectivity index (χ1n) is 9.95. The highest BCUT2D eigenvalue weighted by Crippen LogP contribution is 2.43. The van der Waals surface area contributed by atoms with E-state index in [0.717, 1.165) is 18.2 Å². The van der Waals surface area contributed by atoms with E-state index in [2.05, 4.69) is 5.32 Å². The second-order valence-corrected chi connectivity index (χ2v) is 11.7. The van der Waals surface area contributed by atoms with E-state index in [9.17, 15) is 26.7 Å². The Morgan fingerprint density at radius 3 is 2.11 bits per heavy atom. The Labute approximate surface area is 201 Å². The van der Waals surface area contributed by atoms with Crippen LogP contribution in [0.3, 0.4) is 0 Å². The van der Waals surface area contributed by atoms with Crippen molar-refractivity contribution >= 4 is 43.0 Å². The molecular formula is C22H23N5O6S2. The number of hydrogen-bond donors (Lipinski definition) is 6. The van der Waals surface area contributed by atoms with Gasteiger partial charge in [-0.2, -0.15) is 0 Å². The van der Waals surface area contributed by atoms with Crippen molar-refractivity contribution in [2.24, 2.45) is 11.5 Å². The minimum absolute atomic E-state index is 0.110. The molecule has 0 fully saturated rings. The Hall–Kier alpha value is -3.94. The zero-order valence-corrected chi connectivity index (χ0v) is 19.8. The number of nitrogen functional groups attached to an aromatic ring is 1. The van der Waals surface area contributed by atoms with Gasteiger partial charge in [0, 0.05) is 5.69 Å². The number of nitrogens with two attached hydrogens (primary N) is 3. The fraction of sp³-hybridized carbons (Fsp3) is 0.0909. The Kier molecular flexibility index (Phi) is 6.87. The zero-order chi connectivity index (χ0) is 26.0. The van der Waals surface area contributed by atoms with Crippen LogP contribution in [0.2, 0.25) is 0 Å². The Bertz CT molecular complexity index is 1490. The maximum absolute atomic E-state index is 13.9. The second kappa shape index (κ2) is 9.37. The summed E-state index contributed by atoms with van der Waals surface area (Å²) in [5.41, 5.74) is 16.9. The molecule has 0 spiro atoms. The van der Waals surface area contributed by atoms with E-state index < -0.39 is 51.5 Å². The van der Waals surface area contributed by atoms with Crippen molar-refractivity contribution in [3.63, 3.8) is 0 Å². The smallest absolute Gasteiger partial charge is 0.341 e. The molecule has 0 aliphatic carbocycles. The maximum Gasteiger partial charge on any atom is 0.341 e. The summed E-state index contributed by atoms with van der Waals surface area (Å²) in [4.78, 5) is 8.15. The van der Waals surface area contributed by atoms with E-state index in [0.29, 0.717) is 0 Å². The van der Waals surface area contributed by atoms with Gasteiger partial charge >= 0.3 is 5.97 Å². The lowest BCUT2D eigenvalue weighted by Gasteiger charge is -2.33. The molecule has 2 atom stereocenters. The van der Waals surface area contributed by atoms with Gasteiger partial charge in [-0.25, -0.2) is 21.6 Å². The van der Waals surface area contributed by atoms with Crippen molar-refractivity contribution in [2.45, 2.75) is 19.9 Å². The number of benzene rings is 3. The van der Waals surface area contributed by atoms with Crippen LogP contribution in [0.15, 0.2) is 88.7 Å². The molecule has 0 heterocycles. The highest BCUT2D eigenvalue weighted by molar-refractivity contribution is 7.97. The molecule has 3 aromatic carbocycles. The molecule has 0 amide bonds. The van der Waals surface area contributed by atoms with Gasteiger partial charge in [0.05, 0.1) is 15.5 Å². The van der Waals surface area contributed by atoms with Crippen LogP contribution in [-0.2, 0) is 24.5 Å². The number of carboxylic acid groups (broad SMARTS) is 1. The molecule has 9 N–H and O–H groups in total. The molecule has 0 saturated carbocycles. The fourth-order valence-electron chi connectivity index (χ4n) is 3.60. The third-order valence-corrected chi connectivity index (χ3v) is 9.81. The molecule has 35 heavy (non-hydrogen) atoms. The number of rotatable bonds is 8. The SMILES string of the molecule is N=C(N)Nc1cccc(S(=O)(=O)C(c2ccccc2)C(N)(C(=O)O)S(=O)(=O)c2ccccc2N)c1. The van der Waals surface area contributed by atoms with E-state index in [4.69, 9.17) is 22.6 Å². The van der Waals surface area contributed by atoms with Crippen LogP contribution in [0.5, 0.6) is 0 Å². The van der Waals surface area contributed by atoms with Crippen LogP contribution in [0.4, 0.5) is 11.4 Å². The van der Waals surface area contributed by atoms with Gasteiger partial charge in [-0.1, -0.05) is 48.5 Å². The summed E-state index contributed by atoms with van der Waals surface area (Å²) in [6.45, 7) is 0. The summed E-state index contributed by atoms with van der Waals surface area (Å²) in [6, 6.07) is 17.0. The monoisotopic (exact) mass is 517 g/mol. The van der Waals surface area contributed by atoms with Gasteiger partial charge in [-0.05, 0) is 35.9 Å². The molecule has 0 saturated heterocycles. The van der Waals surface area contributed by atoms with Gasteiger partial charge in [0.25, 0.3) is 0 Å². The molecule has 3 rings (SSSR count). The molecule has 184 valence electrons. The predicted octanol–water partition coefficient (Wildman–Crippen LogP) is 1.30. The standard InChI is InChI=1S/C22H23N5O6S2/c23-17-11-4-5-12-18(17)35(32,33)22(26,20(28)29)19(14-7-2-1-3-8-14)34(30,31)16-10-6-9-15(13-16)27-21(24)25/h1-13,19H,23,26H2,(H,28,29)(H4,24,25,27). The molecule has 0 bridgehead atoms. The van der Waals surface area contributed by atoms with E-state index in [1.54, 1.807) is 6.07 Å². The topological polar surface area (TPSA) is 220 Å². The number of carboxylic acids is 1. The van der Waals surface area contributed by atoms with E-state index in [-0.39, 0.29) is 16.9 Å². The number of anilines is 2. The second-order valence-electron chi connectivity index (χ2n) is 7.54. The van der Waals surface area contributed by atoms with Gasteiger partial charge in [0.15, 0.2) is 15.8 Å². The fourth-order valence-corrected chi connectivity index (χ4v) is 7.92. The third kappa shape index (κ3) is 4.56. The van der Waals surface area contributed by atoms with Crippen molar-refractivity contribution in [3.05, 3.63) is 84.4 Å². The number of para-hydroxylation sites is 1. The lowest BCUT2D eigenvalue weighted by molar-refractivity contribution is -0.140. The highest BCUT2D eigenvalue weighted by Gasteiger charge is 2.60. The van der Waals surface area contributed by atoms with Crippen LogP contribution < -0.4 is 22.5 Å². The number of guanidine groups is 1. The summed E-state index contributed by atoms with van der Waals surface area (Å²) in [6.07, 6.45) is 0. The highest BCUT2D eigenvalue weighted by atomic mass is 32.2. The molecule has 11 nitrogen and oxygen atoms in total. The van der Waals surface area contributed by atoms with Crippen LogP contribution >= 0.6 is 0 Å². The van der Waals surface area contributed by atoms with Crippen LogP contribution in [0.25, 0.3) is 0 Å². The lowest BCUT2D eigenvalue weighted by atomic mass is 10.1. The number of carbonyl (C=O) groups is 1. The average Bonchev–Trinajstić information content (AvgIpc) is 2.79. The zero-order valence-electron chi connectivity index (χ0n) is 18.1. The lowest BCUT2D eigenvalue weighted by Crippen LogP contribution is -2.60. The van der Waals surface area contributed by atoms with Gasteiger partial charge < -0.3 is 27.6 Å². The molecule has 2 unspecified atom stereocenters. The predicted molar refractivity (Wildman–Crippen MR) is 131 cm³/mol. The Morgan fingerprint density at radius 2 is 1.54 bits per heavy atom. The van der Waals surface area contributed by atoms with Crippen LogP contribution in [0, 0.1) is 5.41 Å². The van der Waals surface area contributed by atoms with Gasteiger partial charge in [0.1, 0.15) is 5.25 Å². The Morgan fingerprint density at radius 1 is 0.943 bits per heavy atom. The average molecular weight is 518 g/mol. The number of sulfone groups is 2. The van der Waals surface area contributed by atoms with Crippen molar-refractivity contribution in [2.75, 3.05) is 11.1 Å². The first-order chi connectivity index (χ1) is 16.3. The van der Waals surface area contributed by atoms with E-state index >= 15 is 0 Å². The summed E-state index contributed by atoms with van der Waals surface area (Å²) >= 11 is 0. The van der Waals surface area contributed by atoms with Crippen LogP contribution in [0.1, 0.15) is 10.8 Å².